The molecule has 1 amide bonds. The van der Waals surface area contributed by atoms with Crippen LogP contribution < -0.4 is 10.9 Å². The lowest BCUT2D eigenvalue weighted by molar-refractivity contribution is -0.116. The molecule has 7 nitrogen and oxygen atoms in total. The molecule has 0 fully saturated rings. The van der Waals surface area contributed by atoms with E-state index in [0.29, 0.717) is 28.4 Å². The van der Waals surface area contributed by atoms with Crippen LogP contribution in [0.25, 0.3) is 5.13 Å². The number of nitrogens with zero attached hydrogens (tertiary/aromatic N) is 2. The van der Waals surface area contributed by atoms with Crippen LogP contribution in [0.2, 0.25) is 0 Å². The summed E-state index contributed by atoms with van der Waals surface area (Å²) in [4.78, 5) is 40.4. The molecule has 0 unspecified atom stereocenters. The first-order chi connectivity index (χ1) is 12.8. The molecule has 8 heteroatoms. The van der Waals surface area contributed by atoms with E-state index in [9.17, 15) is 14.4 Å². The Balaban J connectivity index is 1.66. The summed E-state index contributed by atoms with van der Waals surface area (Å²) >= 11 is 1.39. The Labute approximate surface area is 160 Å². The molecule has 0 aliphatic carbocycles. The van der Waals surface area contributed by atoms with E-state index in [2.05, 4.69) is 15.4 Å². The lowest BCUT2D eigenvalue weighted by atomic mass is 10.1. The minimum atomic E-state index is -0.192. The second-order valence-corrected chi connectivity index (χ2v) is 7.15. The average Bonchev–Trinajstić information content (AvgIpc) is 3.17. The number of aryl methyl sites for hydroxylation is 2. The van der Waals surface area contributed by atoms with Crippen LogP contribution >= 0.6 is 11.3 Å². The number of hydrogen-bond donors (Lipinski definition) is 2. The number of nitrogens with one attached hydrogen (secondary N) is 2. The fraction of sp³-hybridized carbons (Fsp3) is 0.263. The standard InChI is InChI=1S/C19H20N4O3S/c1-11-10-27-19(20-11)23-18(26)16(12(2)22-23)8-9-17(25)21-15-6-4-14(5-7-15)13(3)24/h4-7,10,22H,8-9H2,1-3H3,(H,21,25). The Hall–Kier alpha value is -3.00. The number of carbonyl (C=O) groups excluding carboxylic acids is 2. The van der Waals surface area contributed by atoms with Gasteiger partial charge in [0.05, 0.1) is 5.69 Å². The van der Waals surface area contributed by atoms with Crippen molar-refractivity contribution in [2.75, 3.05) is 5.32 Å². The number of hydrogen-bond acceptors (Lipinski definition) is 5. The number of rotatable bonds is 6. The van der Waals surface area contributed by atoms with E-state index in [-0.39, 0.29) is 23.7 Å². The lowest BCUT2D eigenvalue weighted by Crippen LogP contribution is -2.19. The van der Waals surface area contributed by atoms with Gasteiger partial charge in [0.25, 0.3) is 5.56 Å². The molecule has 3 aromatic rings. The molecule has 0 saturated carbocycles. The van der Waals surface area contributed by atoms with Gasteiger partial charge in [0.15, 0.2) is 5.78 Å². The zero-order chi connectivity index (χ0) is 19.6. The van der Waals surface area contributed by atoms with Gasteiger partial charge in [-0.1, -0.05) is 0 Å². The van der Waals surface area contributed by atoms with E-state index in [0.717, 1.165) is 11.4 Å². The summed E-state index contributed by atoms with van der Waals surface area (Å²) in [6.45, 7) is 5.17. The van der Waals surface area contributed by atoms with Gasteiger partial charge in [-0.3, -0.25) is 19.5 Å². The molecular weight excluding hydrogens is 364 g/mol. The number of ketones is 1. The molecule has 2 heterocycles. The van der Waals surface area contributed by atoms with E-state index in [4.69, 9.17) is 0 Å². The SMILES string of the molecule is CC(=O)c1ccc(NC(=O)CCc2c(C)[nH]n(-c3nc(C)cs3)c2=O)cc1. The molecule has 1 aromatic carbocycles. The summed E-state index contributed by atoms with van der Waals surface area (Å²) in [6.07, 6.45) is 0.509. The predicted molar refractivity (Wildman–Crippen MR) is 105 cm³/mol. The predicted octanol–water partition coefficient (Wildman–Crippen LogP) is 3.01. The third-order valence-electron chi connectivity index (χ3n) is 4.17. The first-order valence-electron chi connectivity index (χ1n) is 8.49. The summed E-state index contributed by atoms with van der Waals surface area (Å²) in [6, 6.07) is 6.72. The summed E-state index contributed by atoms with van der Waals surface area (Å²) in [5, 5.41) is 8.26. The fourth-order valence-corrected chi connectivity index (χ4v) is 3.46. The molecule has 0 spiro atoms. The van der Waals surface area contributed by atoms with Crippen molar-refractivity contribution >= 4 is 28.7 Å². The van der Waals surface area contributed by atoms with Crippen molar-refractivity contribution in [1.82, 2.24) is 14.8 Å². The van der Waals surface area contributed by atoms with Gasteiger partial charge in [-0.2, -0.15) is 4.68 Å². The van der Waals surface area contributed by atoms with Crippen molar-refractivity contribution in [2.24, 2.45) is 0 Å². The third-order valence-corrected chi connectivity index (χ3v) is 5.11. The highest BCUT2D eigenvalue weighted by molar-refractivity contribution is 7.12. The van der Waals surface area contributed by atoms with Gasteiger partial charge < -0.3 is 5.32 Å². The van der Waals surface area contributed by atoms with Crippen LogP contribution in [0.15, 0.2) is 34.4 Å². The molecule has 0 aliphatic rings. The summed E-state index contributed by atoms with van der Waals surface area (Å²) in [5.41, 5.74) is 3.18. The lowest BCUT2D eigenvalue weighted by Gasteiger charge is -2.05. The number of amides is 1. The van der Waals surface area contributed by atoms with E-state index in [1.807, 2.05) is 19.2 Å². The maximum Gasteiger partial charge on any atom is 0.276 e. The second-order valence-electron chi connectivity index (χ2n) is 6.31. The van der Waals surface area contributed by atoms with E-state index < -0.39 is 0 Å². The molecule has 0 atom stereocenters. The van der Waals surface area contributed by atoms with Crippen molar-refractivity contribution in [1.29, 1.82) is 0 Å². The number of thiazole rings is 1. The maximum absolute atomic E-state index is 12.6. The topological polar surface area (TPSA) is 96.8 Å². The van der Waals surface area contributed by atoms with Gasteiger partial charge in [0, 0.05) is 34.3 Å². The van der Waals surface area contributed by atoms with Crippen LogP contribution in [0.4, 0.5) is 5.69 Å². The minimum absolute atomic E-state index is 0.0255. The number of aromatic amines is 1. The number of H-pyrrole nitrogens is 1. The molecule has 0 saturated heterocycles. The molecular formula is C19H20N4O3S. The number of benzene rings is 1. The van der Waals surface area contributed by atoms with Gasteiger partial charge in [0.1, 0.15) is 0 Å². The van der Waals surface area contributed by atoms with E-state index in [1.54, 1.807) is 24.3 Å². The first kappa shape index (κ1) is 18.8. The summed E-state index contributed by atoms with van der Waals surface area (Å²) in [5.74, 6) is -0.218. The van der Waals surface area contributed by atoms with Gasteiger partial charge in [-0.05, 0) is 51.5 Å². The molecule has 140 valence electrons. The van der Waals surface area contributed by atoms with Crippen molar-refractivity contribution < 1.29 is 9.59 Å². The fourth-order valence-electron chi connectivity index (χ4n) is 2.70. The first-order valence-corrected chi connectivity index (χ1v) is 9.37. The van der Waals surface area contributed by atoms with Crippen LogP contribution in [-0.4, -0.2) is 26.5 Å². The zero-order valence-electron chi connectivity index (χ0n) is 15.3. The Morgan fingerprint density at radius 1 is 1.22 bits per heavy atom. The highest BCUT2D eigenvalue weighted by Crippen LogP contribution is 2.14. The summed E-state index contributed by atoms with van der Waals surface area (Å²) < 4.78 is 1.42. The largest absolute Gasteiger partial charge is 0.326 e. The molecule has 0 bridgehead atoms. The van der Waals surface area contributed by atoms with E-state index >= 15 is 0 Å². The summed E-state index contributed by atoms with van der Waals surface area (Å²) in [7, 11) is 0. The van der Waals surface area contributed by atoms with Crippen LogP contribution in [0, 0.1) is 13.8 Å². The maximum atomic E-state index is 12.6. The molecule has 3 rings (SSSR count). The quantitative estimate of drug-likeness (QED) is 0.639. The normalized spacial score (nSPS) is 10.8. The van der Waals surface area contributed by atoms with Crippen LogP contribution in [0.3, 0.4) is 0 Å². The molecule has 0 radical (unpaired) electrons. The van der Waals surface area contributed by atoms with Crippen LogP contribution in [-0.2, 0) is 11.2 Å². The van der Waals surface area contributed by atoms with Gasteiger partial charge in [0.2, 0.25) is 11.0 Å². The second kappa shape index (κ2) is 7.71. The van der Waals surface area contributed by atoms with Crippen molar-refractivity contribution in [3.63, 3.8) is 0 Å². The van der Waals surface area contributed by atoms with Crippen LogP contribution in [0.1, 0.15) is 40.7 Å². The third kappa shape index (κ3) is 4.22. The zero-order valence-corrected chi connectivity index (χ0v) is 16.1. The molecule has 27 heavy (non-hydrogen) atoms. The Morgan fingerprint density at radius 2 is 1.93 bits per heavy atom. The number of anilines is 1. The van der Waals surface area contributed by atoms with Crippen molar-refractivity contribution in [3.8, 4) is 5.13 Å². The molecule has 2 N–H and O–H groups in total. The Kier molecular flexibility index (Phi) is 5.36. The number of carbonyl (C=O) groups is 2. The highest BCUT2D eigenvalue weighted by Gasteiger charge is 2.15. The van der Waals surface area contributed by atoms with Gasteiger partial charge in [-0.25, -0.2) is 4.98 Å². The van der Waals surface area contributed by atoms with Gasteiger partial charge >= 0.3 is 0 Å². The van der Waals surface area contributed by atoms with Crippen molar-refractivity contribution in [2.45, 2.75) is 33.6 Å². The van der Waals surface area contributed by atoms with Gasteiger partial charge in [-0.15, -0.1) is 11.3 Å². The smallest absolute Gasteiger partial charge is 0.276 e. The Bertz CT molecular complexity index is 1040. The average molecular weight is 384 g/mol. The highest BCUT2D eigenvalue weighted by atomic mass is 32.1. The Morgan fingerprint density at radius 3 is 2.52 bits per heavy atom. The molecule has 0 aliphatic heterocycles. The number of Topliss-reactive ketones (excluding diaryl/α,β-unsaturated/α-hetero) is 1. The van der Waals surface area contributed by atoms with Crippen LogP contribution in [0.5, 0.6) is 0 Å². The van der Waals surface area contributed by atoms with E-state index in [1.165, 1.54) is 22.9 Å². The minimum Gasteiger partial charge on any atom is -0.326 e. The number of aromatic nitrogens is 3. The monoisotopic (exact) mass is 384 g/mol. The molecule has 2 aromatic heterocycles. The van der Waals surface area contributed by atoms with Crippen molar-refractivity contribution in [3.05, 3.63) is 62.5 Å².